The molecule has 1 aromatic rings. The number of carbonyl (C=O) groups is 1. The highest BCUT2D eigenvalue weighted by Crippen LogP contribution is 2.11. The zero-order chi connectivity index (χ0) is 11.1. The molecule has 0 aliphatic heterocycles. The van der Waals surface area contributed by atoms with Crippen LogP contribution in [0.2, 0.25) is 0 Å². The number of aromatic nitrogens is 1. The number of ether oxygens (including phenoxy) is 2. The van der Waals surface area contributed by atoms with E-state index in [1.165, 1.54) is 6.20 Å². The molecule has 0 saturated heterocycles. The van der Waals surface area contributed by atoms with Crippen LogP contribution in [0.1, 0.15) is 24.2 Å². The van der Waals surface area contributed by atoms with Crippen LogP contribution in [0.5, 0.6) is 5.75 Å². The fourth-order valence-electron chi connectivity index (χ4n) is 1.10. The van der Waals surface area contributed by atoms with Gasteiger partial charge in [0.05, 0.1) is 12.8 Å². The smallest absolute Gasteiger partial charge is 0.190 e. The maximum absolute atomic E-state index is 11.5. The first-order chi connectivity index (χ1) is 7.27. The molecule has 0 radical (unpaired) electrons. The molecule has 0 aliphatic carbocycles. The van der Waals surface area contributed by atoms with Crippen molar-refractivity contribution in [1.29, 1.82) is 0 Å². The lowest BCUT2D eigenvalue weighted by Crippen LogP contribution is -2.09. The van der Waals surface area contributed by atoms with Crippen molar-refractivity contribution in [1.82, 2.24) is 4.98 Å². The summed E-state index contributed by atoms with van der Waals surface area (Å²) in [5.41, 5.74) is 0.523. The minimum atomic E-state index is -0.0779. The van der Waals surface area contributed by atoms with E-state index in [-0.39, 0.29) is 12.4 Å². The molecule has 0 aromatic carbocycles. The molecule has 1 aromatic heterocycles. The quantitative estimate of drug-likeness (QED) is 0.669. The third kappa shape index (κ3) is 3.67. The molecule has 0 N–H and O–H groups in total. The normalized spacial score (nSPS) is 10.0. The first-order valence-electron chi connectivity index (χ1n) is 4.96. The van der Waals surface area contributed by atoms with E-state index in [1.807, 2.05) is 13.8 Å². The lowest BCUT2D eigenvalue weighted by atomic mass is 10.2. The van der Waals surface area contributed by atoms with E-state index < -0.39 is 0 Å². The summed E-state index contributed by atoms with van der Waals surface area (Å²) in [5.74, 6) is 0.533. The first-order valence-corrected chi connectivity index (χ1v) is 4.96. The molecule has 0 spiro atoms. The van der Waals surface area contributed by atoms with Gasteiger partial charge in [-0.3, -0.25) is 9.78 Å². The number of nitrogens with zero attached hydrogens (tertiary/aromatic N) is 1. The Bertz CT molecular complexity index is 325. The second-order valence-corrected chi connectivity index (χ2v) is 2.90. The van der Waals surface area contributed by atoms with Gasteiger partial charge in [0.2, 0.25) is 0 Å². The Morgan fingerprint density at radius 3 is 2.80 bits per heavy atom. The number of pyridine rings is 1. The van der Waals surface area contributed by atoms with Crippen molar-refractivity contribution in [2.75, 3.05) is 19.8 Å². The first kappa shape index (κ1) is 11.7. The van der Waals surface area contributed by atoms with Crippen molar-refractivity contribution < 1.29 is 14.3 Å². The van der Waals surface area contributed by atoms with E-state index in [4.69, 9.17) is 9.47 Å². The Hall–Kier alpha value is -1.42. The van der Waals surface area contributed by atoms with Gasteiger partial charge in [-0.2, -0.15) is 0 Å². The number of ketones is 1. The standard InChI is InChI=1S/C11H15NO3/c1-3-14-8-11(13)9-5-10(15-4-2)7-12-6-9/h5-7H,3-4,8H2,1-2H3. The summed E-state index contributed by atoms with van der Waals surface area (Å²) in [6.07, 6.45) is 3.10. The Balaban J connectivity index is 2.67. The van der Waals surface area contributed by atoms with E-state index in [0.29, 0.717) is 24.5 Å². The minimum absolute atomic E-state index is 0.0779. The maximum Gasteiger partial charge on any atom is 0.190 e. The Kier molecular flexibility index (Phi) is 4.77. The summed E-state index contributed by atoms with van der Waals surface area (Å²) in [6, 6.07) is 1.68. The second kappa shape index (κ2) is 6.14. The number of hydrogen-bond donors (Lipinski definition) is 0. The summed E-state index contributed by atoms with van der Waals surface area (Å²) < 4.78 is 10.3. The summed E-state index contributed by atoms with van der Waals surface area (Å²) in [7, 11) is 0. The molecule has 0 unspecified atom stereocenters. The van der Waals surface area contributed by atoms with Crippen LogP contribution in [0.25, 0.3) is 0 Å². The summed E-state index contributed by atoms with van der Waals surface area (Å²) in [5, 5.41) is 0. The molecule has 82 valence electrons. The van der Waals surface area contributed by atoms with Gasteiger partial charge in [0, 0.05) is 18.4 Å². The fraction of sp³-hybridized carbons (Fsp3) is 0.455. The largest absolute Gasteiger partial charge is 0.492 e. The molecular formula is C11H15NO3. The SMILES string of the molecule is CCOCC(=O)c1cncc(OCC)c1. The van der Waals surface area contributed by atoms with Crippen molar-refractivity contribution in [2.45, 2.75) is 13.8 Å². The molecule has 15 heavy (non-hydrogen) atoms. The van der Waals surface area contributed by atoms with Crippen molar-refractivity contribution >= 4 is 5.78 Å². The van der Waals surface area contributed by atoms with Gasteiger partial charge < -0.3 is 9.47 Å². The van der Waals surface area contributed by atoms with Gasteiger partial charge >= 0.3 is 0 Å². The lowest BCUT2D eigenvalue weighted by Gasteiger charge is -2.04. The lowest BCUT2D eigenvalue weighted by molar-refractivity contribution is 0.0782. The van der Waals surface area contributed by atoms with Crippen LogP contribution in [0, 0.1) is 0 Å². The average molecular weight is 209 g/mol. The number of rotatable bonds is 6. The molecule has 0 amide bonds. The van der Waals surface area contributed by atoms with E-state index >= 15 is 0 Å². The second-order valence-electron chi connectivity index (χ2n) is 2.90. The number of hydrogen-bond acceptors (Lipinski definition) is 4. The topological polar surface area (TPSA) is 48.4 Å². The van der Waals surface area contributed by atoms with E-state index in [1.54, 1.807) is 12.3 Å². The molecule has 0 bridgehead atoms. The Morgan fingerprint density at radius 1 is 1.33 bits per heavy atom. The Labute approximate surface area is 89.2 Å². The van der Waals surface area contributed by atoms with Crippen LogP contribution in [0.15, 0.2) is 18.5 Å². The zero-order valence-electron chi connectivity index (χ0n) is 9.03. The van der Waals surface area contributed by atoms with Crippen molar-refractivity contribution in [2.24, 2.45) is 0 Å². The van der Waals surface area contributed by atoms with Gasteiger partial charge in [-0.1, -0.05) is 0 Å². The van der Waals surface area contributed by atoms with Gasteiger partial charge in [0.1, 0.15) is 12.4 Å². The minimum Gasteiger partial charge on any atom is -0.492 e. The number of carbonyl (C=O) groups excluding carboxylic acids is 1. The van der Waals surface area contributed by atoms with E-state index in [9.17, 15) is 4.79 Å². The van der Waals surface area contributed by atoms with Crippen molar-refractivity contribution in [3.8, 4) is 5.75 Å². The maximum atomic E-state index is 11.5. The highest BCUT2D eigenvalue weighted by molar-refractivity contribution is 5.97. The molecule has 0 atom stereocenters. The van der Waals surface area contributed by atoms with Gasteiger partial charge in [-0.15, -0.1) is 0 Å². The molecule has 1 heterocycles. The van der Waals surface area contributed by atoms with Crippen LogP contribution in [-0.4, -0.2) is 30.6 Å². The summed E-state index contributed by atoms with van der Waals surface area (Å²) >= 11 is 0. The van der Waals surface area contributed by atoms with Crippen LogP contribution in [0.4, 0.5) is 0 Å². The third-order valence-corrected chi connectivity index (χ3v) is 1.78. The van der Waals surface area contributed by atoms with E-state index in [2.05, 4.69) is 4.98 Å². The van der Waals surface area contributed by atoms with Crippen LogP contribution < -0.4 is 4.74 Å². The summed E-state index contributed by atoms with van der Waals surface area (Å²) in [6.45, 7) is 4.92. The van der Waals surface area contributed by atoms with Crippen molar-refractivity contribution in [3.05, 3.63) is 24.0 Å². The van der Waals surface area contributed by atoms with Crippen LogP contribution in [0.3, 0.4) is 0 Å². The predicted molar refractivity (Wildman–Crippen MR) is 56.2 cm³/mol. The van der Waals surface area contributed by atoms with Crippen LogP contribution in [-0.2, 0) is 4.74 Å². The molecule has 0 aliphatic rings. The highest BCUT2D eigenvalue weighted by atomic mass is 16.5. The van der Waals surface area contributed by atoms with Crippen LogP contribution >= 0.6 is 0 Å². The highest BCUT2D eigenvalue weighted by Gasteiger charge is 2.07. The van der Waals surface area contributed by atoms with Gasteiger partial charge in [0.25, 0.3) is 0 Å². The summed E-state index contributed by atoms with van der Waals surface area (Å²) in [4.78, 5) is 15.5. The molecule has 0 fully saturated rings. The number of Topliss-reactive ketones (excluding diaryl/α,β-unsaturated/α-hetero) is 1. The third-order valence-electron chi connectivity index (χ3n) is 1.78. The predicted octanol–water partition coefficient (Wildman–Crippen LogP) is 1.70. The monoisotopic (exact) mass is 209 g/mol. The molecule has 1 rings (SSSR count). The molecule has 0 saturated carbocycles. The molecule has 4 heteroatoms. The fourth-order valence-corrected chi connectivity index (χ4v) is 1.10. The molecule has 4 nitrogen and oxygen atoms in total. The van der Waals surface area contributed by atoms with Crippen molar-refractivity contribution in [3.63, 3.8) is 0 Å². The van der Waals surface area contributed by atoms with Gasteiger partial charge in [-0.05, 0) is 19.9 Å². The zero-order valence-corrected chi connectivity index (χ0v) is 9.03. The van der Waals surface area contributed by atoms with E-state index in [0.717, 1.165) is 0 Å². The molecular weight excluding hydrogens is 194 g/mol. The Morgan fingerprint density at radius 2 is 2.13 bits per heavy atom. The van der Waals surface area contributed by atoms with Gasteiger partial charge in [-0.25, -0.2) is 0 Å². The average Bonchev–Trinajstić information content (AvgIpc) is 2.27. The van der Waals surface area contributed by atoms with Gasteiger partial charge in [0.15, 0.2) is 5.78 Å².